The number of amides is 2. The van der Waals surface area contributed by atoms with Gasteiger partial charge in [0.25, 0.3) is 0 Å². The summed E-state index contributed by atoms with van der Waals surface area (Å²) in [5.74, 6) is 0.454. The maximum absolute atomic E-state index is 11.7. The van der Waals surface area contributed by atoms with E-state index in [9.17, 15) is 9.59 Å². The van der Waals surface area contributed by atoms with Crippen molar-refractivity contribution < 1.29 is 14.7 Å². The molecule has 3 N–H and O–H groups in total. The number of carbonyl (C=O) groups excluding carboxylic acids is 1. The van der Waals surface area contributed by atoms with Gasteiger partial charge < -0.3 is 15.7 Å². The molecule has 0 spiro atoms. The lowest BCUT2D eigenvalue weighted by molar-refractivity contribution is -0.137. The zero-order valence-electron chi connectivity index (χ0n) is 11.5. The number of rotatable bonds is 7. The first-order chi connectivity index (χ1) is 8.30. The number of nitrogens with one attached hydrogen (secondary N) is 2. The summed E-state index contributed by atoms with van der Waals surface area (Å²) in [7, 11) is 0. The van der Waals surface area contributed by atoms with E-state index in [-0.39, 0.29) is 12.5 Å². The number of hydrogen-bond donors (Lipinski definition) is 3. The number of aliphatic carboxylic acids is 1. The highest BCUT2D eigenvalue weighted by Crippen LogP contribution is 2.36. The zero-order valence-corrected chi connectivity index (χ0v) is 11.5. The second-order valence-electron chi connectivity index (χ2n) is 5.93. The summed E-state index contributed by atoms with van der Waals surface area (Å²) in [6.45, 7) is 6.50. The highest BCUT2D eigenvalue weighted by molar-refractivity contribution is 5.74. The Bertz CT molecular complexity index is 311. The Labute approximate surface area is 108 Å². The molecule has 0 bridgehead atoms. The number of hydrogen-bond acceptors (Lipinski definition) is 2. The van der Waals surface area contributed by atoms with Gasteiger partial charge >= 0.3 is 12.0 Å². The van der Waals surface area contributed by atoms with Crippen molar-refractivity contribution in [1.82, 2.24) is 10.6 Å². The lowest BCUT2D eigenvalue weighted by Gasteiger charge is -2.26. The Hall–Kier alpha value is -1.26. The van der Waals surface area contributed by atoms with Gasteiger partial charge in [-0.2, -0.15) is 0 Å². The van der Waals surface area contributed by atoms with Gasteiger partial charge in [0.15, 0.2) is 0 Å². The van der Waals surface area contributed by atoms with Crippen LogP contribution in [0.5, 0.6) is 0 Å². The molecule has 0 aromatic rings. The monoisotopic (exact) mass is 256 g/mol. The highest BCUT2D eigenvalue weighted by Gasteiger charge is 2.28. The number of carboxylic acid groups (broad SMARTS) is 1. The largest absolute Gasteiger partial charge is 0.481 e. The van der Waals surface area contributed by atoms with Crippen LogP contribution in [0.1, 0.15) is 46.5 Å². The molecule has 0 aromatic carbocycles. The zero-order chi connectivity index (χ0) is 13.8. The molecule has 104 valence electrons. The van der Waals surface area contributed by atoms with Gasteiger partial charge in [-0.15, -0.1) is 0 Å². The summed E-state index contributed by atoms with van der Waals surface area (Å²) in [5, 5.41) is 14.3. The van der Waals surface area contributed by atoms with Gasteiger partial charge in [0.1, 0.15) is 0 Å². The third kappa shape index (κ3) is 5.89. The molecule has 0 aliphatic heterocycles. The smallest absolute Gasteiger partial charge is 0.315 e. The van der Waals surface area contributed by atoms with E-state index >= 15 is 0 Å². The van der Waals surface area contributed by atoms with Crippen molar-refractivity contribution in [1.29, 1.82) is 0 Å². The normalized spacial score (nSPS) is 17.1. The van der Waals surface area contributed by atoms with Gasteiger partial charge in [-0.25, -0.2) is 4.79 Å². The van der Waals surface area contributed by atoms with E-state index in [1.54, 1.807) is 0 Å². The molecule has 5 nitrogen and oxygen atoms in total. The van der Waals surface area contributed by atoms with E-state index in [1.165, 1.54) is 12.8 Å². The van der Waals surface area contributed by atoms with E-state index in [0.29, 0.717) is 18.9 Å². The van der Waals surface area contributed by atoms with E-state index in [4.69, 9.17) is 5.11 Å². The van der Waals surface area contributed by atoms with Crippen LogP contribution >= 0.6 is 0 Å². The maximum Gasteiger partial charge on any atom is 0.315 e. The van der Waals surface area contributed by atoms with Crippen molar-refractivity contribution in [3.8, 4) is 0 Å². The average Bonchev–Trinajstić information content (AvgIpc) is 3.06. The van der Waals surface area contributed by atoms with Gasteiger partial charge in [-0.1, -0.05) is 6.92 Å². The third-order valence-electron chi connectivity index (χ3n) is 3.43. The Morgan fingerprint density at radius 2 is 2.00 bits per heavy atom. The summed E-state index contributed by atoms with van der Waals surface area (Å²) >= 11 is 0. The van der Waals surface area contributed by atoms with Crippen molar-refractivity contribution in [2.45, 2.75) is 52.0 Å². The Morgan fingerprint density at radius 1 is 1.39 bits per heavy atom. The molecule has 0 heterocycles. The number of carbonyl (C=O) groups is 2. The van der Waals surface area contributed by atoms with Crippen LogP contribution in [0.2, 0.25) is 0 Å². The number of carboxylic acids is 1. The molecular formula is C13H24N2O3. The molecule has 1 unspecified atom stereocenters. The molecule has 2 amide bonds. The lowest BCUT2D eigenvalue weighted by atomic mass is 9.99. The molecule has 1 atom stereocenters. The van der Waals surface area contributed by atoms with Crippen LogP contribution < -0.4 is 10.6 Å². The first-order valence-electron chi connectivity index (χ1n) is 6.58. The molecule has 0 aromatic heterocycles. The van der Waals surface area contributed by atoms with Crippen LogP contribution in [0, 0.1) is 11.8 Å². The van der Waals surface area contributed by atoms with Gasteiger partial charge in [0.2, 0.25) is 0 Å². The van der Waals surface area contributed by atoms with Crippen molar-refractivity contribution in [3.63, 3.8) is 0 Å². The van der Waals surface area contributed by atoms with Crippen LogP contribution in [0.25, 0.3) is 0 Å². The second kappa shape index (κ2) is 6.07. The summed E-state index contributed by atoms with van der Waals surface area (Å²) in [6, 6.07) is -0.210. The predicted molar refractivity (Wildman–Crippen MR) is 69.4 cm³/mol. The molecular weight excluding hydrogens is 232 g/mol. The second-order valence-corrected chi connectivity index (χ2v) is 5.93. The molecule has 0 radical (unpaired) electrons. The quantitative estimate of drug-likeness (QED) is 0.651. The van der Waals surface area contributed by atoms with Crippen LogP contribution in [0.3, 0.4) is 0 Å². The minimum Gasteiger partial charge on any atom is -0.481 e. The van der Waals surface area contributed by atoms with Crippen molar-refractivity contribution in [3.05, 3.63) is 0 Å². The van der Waals surface area contributed by atoms with E-state index in [1.807, 2.05) is 13.8 Å². The maximum atomic E-state index is 11.7. The Balaban J connectivity index is 2.22. The molecule has 1 fully saturated rings. The average molecular weight is 256 g/mol. The summed E-state index contributed by atoms with van der Waals surface area (Å²) in [5.41, 5.74) is -0.495. The molecule has 18 heavy (non-hydrogen) atoms. The standard InChI is InChI=1S/C13H24N2O3/c1-9(10-4-5-10)8-14-12(18)15-13(2,3)7-6-11(16)17/h9-10H,4-8H2,1-3H3,(H,16,17)(H2,14,15,18). The molecule has 1 rings (SSSR count). The van der Waals surface area contributed by atoms with Gasteiger partial charge in [-0.05, 0) is 44.9 Å². The van der Waals surface area contributed by atoms with Crippen molar-refractivity contribution in [2.75, 3.05) is 6.54 Å². The highest BCUT2D eigenvalue weighted by atomic mass is 16.4. The fourth-order valence-electron chi connectivity index (χ4n) is 1.92. The SMILES string of the molecule is CC(CNC(=O)NC(C)(C)CCC(=O)O)C1CC1. The predicted octanol–water partition coefficient (Wildman–Crippen LogP) is 1.98. The van der Waals surface area contributed by atoms with Gasteiger partial charge in [0.05, 0.1) is 0 Å². The van der Waals surface area contributed by atoms with E-state index in [0.717, 1.165) is 5.92 Å². The molecule has 1 saturated carbocycles. The minimum atomic E-state index is -0.840. The third-order valence-corrected chi connectivity index (χ3v) is 3.43. The molecule has 5 heteroatoms. The topological polar surface area (TPSA) is 78.4 Å². The van der Waals surface area contributed by atoms with Crippen LogP contribution in [-0.4, -0.2) is 29.2 Å². The van der Waals surface area contributed by atoms with E-state index < -0.39 is 11.5 Å². The lowest BCUT2D eigenvalue weighted by Crippen LogP contribution is -2.49. The van der Waals surface area contributed by atoms with Crippen LogP contribution in [0.15, 0.2) is 0 Å². The number of urea groups is 1. The summed E-state index contributed by atoms with van der Waals surface area (Å²) in [6.07, 6.45) is 3.03. The van der Waals surface area contributed by atoms with E-state index in [2.05, 4.69) is 17.6 Å². The molecule has 0 saturated heterocycles. The van der Waals surface area contributed by atoms with Crippen LogP contribution in [-0.2, 0) is 4.79 Å². The Morgan fingerprint density at radius 3 is 2.50 bits per heavy atom. The van der Waals surface area contributed by atoms with Gasteiger partial charge in [0, 0.05) is 18.5 Å². The Kier molecular flexibility index (Phi) is 4.99. The minimum absolute atomic E-state index is 0.0613. The summed E-state index contributed by atoms with van der Waals surface area (Å²) < 4.78 is 0. The van der Waals surface area contributed by atoms with Crippen LogP contribution in [0.4, 0.5) is 4.79 Å². The first kappa shape index (κ1) is 14.8. The first-order valence-corrected chi connectivity index (χ1v) is 6.58. The van der Waals surface area contributed by atoms with Crippen molar-refractivity contribution in [2.24, 2.45) is 11.8 Å². The fraction of sp³-hybridized carbons (Fsp3) is 0.846. The fourth-order valence-corrected chi connectivity index (χ4v) is 1.92. The molecule has 1 aliphatic carbocycles. The molecule has 1 aliphatic rings. The summed E-state index contributed by atoms with van der Waals surface area (Å²) in [4.78, 5) is 22.2. The van der Waals surface area contributed by atoms with Gasteiger partial charge in [-0.3, -0.25) is 4.79 Å². The van der Waals surface area contributed by atoms with Crippen molar-refractivity contribution >= 4 is 12.0 Å².